The zero-order chi connectivity index (χ0) is 14.5. The van der Waals surface area contributed by atoms with Crippen LogP contribution in [0.5, 0.6) is 17.2 Å². The molecule has 2 rings (SSSR count). The maximum absolute atomic E-state index is 9.43. The van der Waals surface area contributed by atoms with Gasteiger partial charge in [-0.3, -0.25) is 0 Å². The summed E-state index contributed by atoms with van der Waals surface area (Å²) in [6.07, 6.45) is 0. The van der Waals surface area contributed by atoms with Crippen LogP contribution in [0.4, 0.5) is 0 Å². The van der Waals surface area contributed by atoms with Gasteiger partial charge in [-0.1, -0.05) is 12.1 Å². The van der Waals surface area contributed by atoms with E-state index in [1.54, 1.807) is 27.4 Å². The third-order valence-corrected chi connectivity index (χ3v) is 3.17. The summed E-state index contributed by atoms with van der Waals surface area (Å²) in [7, 11) is 4.81. The van der Waals surface area contributed by atoms with Gasteiger partial charge >= 0.3 is 0 Å². The first kappa shape index (κ1) is 14.2. The highest BCUT2D eigenvalue weighted by atomic mass is 16.5. The predicted molar refractivity (Wildman–Crippen MR) is 77.5 cm³/mol. The number of hydrogen-bond acceptors (Lipinski definition) is 4. The summed E-state index contributed by atoms with van der Waals surface area (Å²) in [4.78, 5) is 0. The SMILES string of the molecule is COc1ccc(-c2cc(CO)c(OC)cc2OC)cc1. The zero-order valence-electron chi connectivity index (χ0n) is 11.8. The van der Waals surface area contributed by atoms with Gasteiger partial charge in [0.25, 0.3) is 0 Å². The van der Waals surface area contributed by atoms with Crippen LogP contribution < -0.4 is 14.2 Å². The van der Waals surface area contributed by atoms with E-state index in [1.807, 2.05) is 30.3 Å². The van der Waals surface area contributed by atoms with Crippen molar-refractivity contribution in [3.63, 3.8) is 0 Å². The van der Waals surface area contributed by atoms with Crippen LogP contribution in [0.2, 0.25) is 0 Å². The van der Waals surface area contributed by atoms with E-state index in [2.05, 4.69) is 0 Å². The molecular formula is C16H18O4. The van der Waals surface area contributed by atoms with Gasteiger partial charge in [0.2, 0.25) is 0 Å². The molecule has 0 heterocycles. The van der Waals surface area contributed by atoms with Crippen LogP contribution in [0.15, 0.2) is 36.4 Å². The van der Waals surface area contributed by atoms with E-state index in [0.29, 0.717) is 11.5 Å². The van der Waals surface area contributed by atoms with Crippen LogP contribution >= 0.6 is 0 Å². The second-order valence-corrected chi connectivity index (χ2v) is 4.25. The highest BCUT2D eigenvalue weighted by Crippen LogP contribution is 2.36. The molecule has 0 aliphatic rings. The number of aliphatic hydroxyl groups is 1. The molecule has 2 aromatic carbocycles. The van der Waals surface area contributed by atoms with Crippen molar-refractivity contribution in [3.8, 4) is 28.4 Å². The van der Waals surface area contributed by atoms with Crippen LogP contribution in [-0.4, -0.2) is 26.4 Å². The molecule has 0 unspecified atom stereocenters. The topological polar surface area (TPSA) is 47.9 Å². The number of ether oxygens (including phenoxy) is 3. The molecule has 0 aliphatic carbocycles. The van der Waals surface area contributed by atoms with Gasteiger partial charge in [0.05, 0.1) is 27.9 Å². The fourth-order valence-corrected chi connectivity index (χ4v) is 2.08. The lowest BCUT2D eigenvalue weighted by Crippen LogP contribution is -1.96. The second kappa shape index (κ2) is 6.30. The molecule has 4 nitrogen and oxygen atoms in total. The summed E-state index contributed by atoms with van der Waals surface area (Å²) in [6, 6.07) is 11.3. The lowest BCUT2D eigenvalue weighted by Gasteiger charge is -2.14. The molecule has 0 atom stereocenters. The second-order valence-electron chi connectivity index (χ2n) is 4.25. The Bertz CT molecular complexity index is 576. The molecule has 0 aliphatic heterocycles. The highest BCUT2D eigenvalue weighted by Gasteiger charge is 2.12. The summed E-state index contributed by atoms with van der Waals surface area (Å²) in [5, 5.41) is 9.43. The molecule has 20 heavy (non-hydrogen) atoms. The zero-order valence-corrected chi connectivity index (χ0v) is 11.8. The third-order valence-electron chi connectivity index (χ3n) is 3.17. The van der Waals surface area contributed by atoms with Crippen molar-refractivity contribution in [1.29, 1.82) is 0 Å². The molecule has 0 amide bonds. The summed E-state index contributed by atoms with van der Waals surface area (Å²) in [6.45, 7) is -0.0870. The fourth-order valence-electron chi connectivity index (χ4n) is 2.08. The molecule has 4 heteroatoms. The van der Waals surface area contributed by atoms with Gasteiger partial charge in [0.1, 0.15) is 17.2 Å². The molecule has 106 valence electrons. The Morgan fingerprint density at radius 2 is 1.50 bits per heavy atom. The van der Waals surface area contributed by atoms with Gasteiger partial charge in [-0.15, -0.1) is 0 Å². The Kier molecular flexibility index (Phi) is 4.48. The van der Waals surface area contributed by atoms with E-state index < -0.39 is 0 Å². The summed E-state index contributed by atoms with van der Waals surface area (Å²) < 4.78 is 15.8. The van der Waals surface area contributed by atoms with Crippen LogP contribution in [0.3, 0.4) is 0 Å². The van der Waals surface area contributed by atoms with Crippen molar-refractivity contribution in [2.45, 2.75) is 6.61 Å². The largest absolute Gasteiger partial charge is 0.497 e. The Morgan fingerprint density at radius 1 is 0.850 bits per heavy atom. The molecule has 1 N–H and O–H groups in total. The Labute approximate surface area is 118 Å². The van der Waals surface area contributed by atoms with Crippen molar-refractivity contribution in [2.24, 2.45) is 0 Å². The number of rotatable bonds is 5. The molecule has 0 aromatic heterocycles. The maximum Gasteiger partial charge on any atom is 0.130 e. The van der Waals surface area contributed by atoms with E-state index in [-0.39, 0.29) is 6.61 Å². The fraction of sp³-hybridized carbons (Fsp3) is 0.250. The minimum absolute atomic E-state index is 0.0870. The number of hydrogen-bond donors (Lipinski definition) is 1. The Morgan fingerprint density at radius 3 is 2.00 bits per heavy atom. The number of benzene rings is 2. The van der Waals surface area contributed by atoms with Crippen molar-refractivity contribution >= 4 is 0 Å². The highest BCUT2D eigenvalue weighted by molar-refractivity contribution is 5.73. The average molecular weight is 274 g/mol. The van der Waals surface area contributed by atoms with Gasteiger partial charge in [-0.25, -0.2) is 0 Å². The van der Waals surface area contributed by atoms with Crippen LogP contribution in [0, 0.1) is 0 Å². The molecule has 0 saturated carbocycles. The Hall–Kier alpha value is -2.20. The first-order valence-electron chi connectivity index (χ1n) is 6.23. The van der Waals surface area contributed by atoms with Crippen molar-refractivity contribution in [1.82, 2.24) is 0 Å². The molecule has 0 saturated heterocycles. The van der Waals surface area contributed by atoms with Crippen molar-refractivity contribution in [2.75, 3.05) is 21.3 Å². The molecule has 0 bridgehead atoms. The lowest BCUT2D eigenvalue weighted by atomic mass is 10.0. The van der Waals surface area contributed by atoms with Gasteiger partial charge in [0.15, 0.2) is 0 Å². The van der Waals surface area contributed by atoms with Gasteiger partial charge in [-0.05, 0) is 23.8 Å². The Balaban J connectivity index is 2.53. The first-order chi connectivity index (χ1) is 9.73. The number of methoxy groups -OCH3 is 3. The van der Waals surface area contributed by atoms with Gasteiger partial charge in [0, 0.05) is 17.2 Å². The smallest absolute Gasteiger partial charge is 0.130 e. The van der Waals surface area contributed by atoms with Gasteiger partial charge in [-0.2, -0.15) is 0 Å². The van der Waals surface area contributed by atoms with E-state index >= 15 is 0 Å². The van der Waals surface area contributed by atoms with E-state index in [9.17, 15) is 5.11 Å². The average Bonchev–Trinajstić information content (AvgIpc) is 2.53. The van der Waals surface area contributed by atoms with Crippen LogP contribution in [-0.2, 0) is 6.61 Å². The lowest BCUT2D eigenvalue weighted by molar-refractivity contribution is 0.273. The van der Waals surface area contributed by atoms with Crippen molar-refractivity contribution in [3.05, 3.63) is 42.0 Å². The molecular weight excluding hydrogens is 256 g/mol. The number of aliphatic hydroxyl groups excluding tert-OH is 1. The first-order valence-corrected chi connectivity index (χ1v) is 6.23. The van der Waals surface area contributed by atoms with Crippen molar-refractivity contribution < 1.29 is 19.3 Å². The monoisotopic (exact) mass is 274 g/mol. The van der Waals surface area contributed by atoms with E-state index in [0.717, 1.165) is 22.4 Å². The molecule has 2 aromatic rings. The third kappa shape index (κ3) is 2.70. The predicted octanol–water partition coefficient (Wildman–Crippen LogP) is 2.87. The van der Waals surface area contributed by atoms with Crippen LogP contribution in [0.25, 0.3) is 11.1 Å². The standard InChI is InChI=1S/C16H18O4/c1-18-13-6-4-11(5-7-13)14-8-12(10-17)15(19-2)9-16(14)20-3/h4-9,17H,10H2,1-3H3. The molecule has 0 fully saturated rings. The van der Waals surface area contributed by atoms with Crippen LogP contribution in [0.1, 0.15) is 5.56 Å². The summed E-state index contributed by atoms with van der Waals surface area (Å²) in [5.41, 5.74) is 2.61. The minimum atomic E-state index is -0.0870. The molecule has 0 spiro atoms. The van der Waals surface area contributed by atoms with E-state index in [1.165, 1.54) is 0 Å². The summed E-state index contributed by atoms with van der Waals surface area (Å²) in [5.74, 6) is 2.11. The summed E-state index contributed by atoms with van der Waals surface area (Å²) >= 11 is 0. The van der Waals surface area contributed by atoms with E-state index in [4.69, 9.17) is 14.2 Å². The van der Waals surface area contributed by atoms with Gasteiger partial charge < -0.3 is 19.3 Å². The maximum atomic E-state index is 9.43. The normalized spacial score (nSPS) is 10.2. The quantitative estimate of drug-likeness (QED) is 0.910. The minimum Gasteiger partial charge on any atom is -0.497 e. The molecule has 0 radical (unpaired) electrons.